The van der Waals surface area contributed by atoms with Crippen molar-refractivity contribution in [1.29, 1.82) is 0 Å². The standard InChI is InChI=1S/C15H16FN3OS.ClH/c1-10-18-9-14(21-10)15(20)19-6-5-17-8-13(19)11-3-2-4-12(16)7-11;/h2-4,7,9,13,17H,5-6,8H2,1H3;1H. The maximum absolute atomic E-state index is 13.4. The van der Waals surface area contributed by atoms with Gasteiger partial charge in [-0.2, -0.15) is 0 Å². The molecule has 1 aromatic heterocycles. The number of hydrogen-bond acceptors (Lipinski definition) is 4. The molecule has 0 aliphatic carbocycles. The number of hydrogen-bond donors (Lipinski definition) is 1. The molecule has 1 saturated heterocycles. The average Bonchev–Trinajstić information content (AvgIpc) is 2.93. The van der Waals surface area contributed by atoms with Crippen molar-refractivity contribution in [3.05, 3.63) is 51.7 Å². The van der Waals surface area contributed by atoms with Gasteiger partial charge in [0.1, 0.15) is 10.7 Å². The minimum absolute atomic E-state index is 0. The van der Waals surface area contributed by atoms with Crippen LogP contribution in [0.2, 0.25) is 0 Å². The maximum atomic E-state index is 13.4. The van der Waals surface area contributed by atoms with Crippen LogP contribution in [0.3, 0.4) is 0 Å². The van der Waals surface area contributed by atoms with Gasteiger partial charge in [0.25, 0.3) is 5.91 Å². The molecule has 7 heteroatoms. The SMILES string of the molecule is Cc1ncc(C(=O)N2CCNCC2c2cccc(F)c2)s1.Cl. The van der Waals surface area contributed by atoms with Crippen molar-refractivity contribution in [2.45, 2.75) is 13.0 Å². The van der Waals surface area contributed by atoms with E-state index >= 15 is 0 Å². The van der Waals surface area contributed by atoms with Gasteiger partial charge in [0.15, 0.2) is 0 Å². The Morgan fingerprint density at radius 3 is 3.00 bits per heavy atom. The average molecular weight is 342 g/mol. The van der Waals surface area contributed by atoms with Crippen LogP contribution in [0, 0.1) is 12.7 Å². The van der Waals surface area contributed by atoms with Crippen molar-refractivity contribution in [3.63, 3.8) is 0 Å². The number of rotatable bonds is 2. The fourth-order valence-corrected chi connectivity index (χ4v) is 3.29. The summed E-state index contributed by atoms with van der Waals surface area (Å²) in [5.41, 5.74) is 0.816. The number of halogens is 2. The Morgan fingerprint density at radius 2 is 2.32 bits per heavy atom. The summed E-state index contributed by atoms with van der Waals surface area (Å²) in [6.07, 6.45) is 1.62. The first-order valence-electron chi connectivity index (χ1n) is 6.85. The Labute approximate surface area is 138 Å². The van der Waals surface area contributed by atoms with Crippen LogP contribution in [0.25, 0.3) is 0 Å². The zero-order valence-electron chi connectivity index (χ0n) is 12.1. The number of nitrogens with zero attached hydrogens (tertiary/aromatic N) is 2. The Hall–Kier alpha value is -1.50. The van der Waals surface area contributed by atoms with Crippen molar-refractivity contribution in [2.75, 3.05) is 19.6 Å². The molecule has 1 atom stereocenters. The fraction of sp³-hybridized carbons (Fsp3) is 0.333. The second kappa shape index (κ2) is 7.17. The summed E-state index contributed by atoms with van der Waals surface area (Å²) in [6.45, 7) is 3.86. The zero-order valence-corrected chi connectivity index (χ0v) is 13.7. The molecule has 2 heterocycles. The van der Waals surface area contributed by atoms with E-state index in [2.05, 4.69) is 10.3 Å². The lowest BCUT2D eigenvalue weighted by molar-refractivity contribution is 0.0638. The van der Waals surface area contributed by atoms with Gasteiger partial charge in [0, 0.05) is 19.6 Å². The van der Waals surface area contributed by atoms with E-state index in [0.29, 0.717) is 18.0 Å². The quantitative estimate of drug-likeness (QED) is 0.913. The lowest BCUT2D eigenvalue weighted by Gasteiger charge is -2.36. The smallest absolute Gasteiger partial charge is 0.266 e. The predicted octanol–water partition coefficient (Wildman–Crippen LogP) is 2.80. The normalized spacial score (nSPS) is 17.9. The summed E-state index contributed by atoms with van der Waals surface area (Å²) in [6, 6.07) is 6.30. The third kappa shape index (κ3) is 3.45. The number of piperazine rings is 1. The van der Waals surface area contributed by atoms with E-state index in [1.807, 2.05) is 13.0 Å². The van der Waals surface area contributed by atoms with Gasteiger partial charge in [-0.3, -0.25) is 4.79 Å². The van der Waals surface area contributed by atoms with E-state index in [1.54, 1.807) is 17.2 Å². The Kier molecular flexibility index (Phi) is 5.50. The van der Waals surface area contributed by atoms with Crippen LogP contribution >= 0.6 is 23.7 Å². The molecule has 1 N–H and O–H groups in total. The Balaban J connectivity index is 0.00000176. The molecule has 22 heavy (non-hydrogen) atoms. The molecule has 1 aliphatic heterocycles. The molecule has 2 aromatic rings. The van der Waals surface area contributed by atoms with Crippen LogP contribution < -0.4 is 5.32 Å². The number of amides is 1. The second-order valence-electron chi connectivity index (χ2n) is 5.02. The molecule has 0 saturated carbocycles. The lowest BCUT2D eigenvalue weighted by atomic mass is 10.0. The molecule has 0 spiro atoms. The first kappa shape index (κ1) is 16.9. The second-order valence-corrected chi connectivity index (χ2v) is 6.25. The van der Waals surface area contributed by atoms with Crippen LogP contribution in [0.5, 0.6) is 0 Å². The summed E-state index contributed by atoms with van der Waals surface area (Å²) in [7, 11) is 0. The van der Waals surface area contributed by atoms with Crippen LogP contribution in [0.4, 0.5) is 4.39 Å². The molecular weight excluding hydrogens is 325 g/mol. The number of carbonyl (C=O) groups excluding carboxylic acids is 1. The molecule has 3 rings (SSSR count). The van der Waals surface area contributed by atoms with Crippen molar-refractivity contribution in [3.8, 4) is 0 Å². The number of carbonyl (C=O) groups is 1. The minimum atomic E-state index is -0.279. The van der Waals surface area contributed by atoms with Gasteiger partial charge in [-0.25, -0.2) is 9.37 Å². The van der Waals surface area contributed by atoms with E-state index in [0.717, 1.165) is 17.1 Å². The van der Waals surface area contributed by atoms with E-state index in [-0.39, 0.29) is 30.2 Å². The van der Waals surface area contributed by atoms with Gasteiger partial charge >= 0.3 is 0 Å². The van der Waals surface area contributed by atoms with E-state index in [1.165, 1.54) is 23.5 Å². The Bertz CT molecular complexity index is 664. The number of thiazole rings is 1. The summed E-state index contributed by atoms with van der Waals surface area (Å²) in [5, 5.41) is 4.14. The highest BCUT2D eigenvalue weighted by atomic mass is 35.5. The molecule has 0 bridgehead atoms. The van der Waals surface area contributed by atoms with Crippen LogP contribution in [0.15, 0.2) is 30.5 Å². The molecule has 1 unspecified atom stereocenters. The summed E-state index contributed by atoms with van der Waals surface area (Å²) in [5.74, 6) is -0.310. The fourth-order valence-electron chi connectivity index (χ4n) is 2.56. The molecular formula is C15H17ClFN3OS. The molecule has 1 aromatic carbocycles. The minimum Gasteiger partial charge on any atom is -0.328 e. The highest BCUT2D eigenvalue weighted by Crippen LogP contribution is 2.26. The molecule has 1 amide bonds. The molecule has 0 radical (unpaired) electrons. The number of nitrogens with one attached hydrogen (secondary N) is 1. The number of benzene rings is 1. The Morgan fingerprint density at radius 1 is 1.50 bits per heavy atom. The topological polar surface area (TPSA) is 45.2 Å². The van der Waals surface area contributed by atoms with Crippen LogP contribution in [-0.2, 0) is 0 Å². The van der Waals surface area contributed by atoms with Gasteiger partial charge in [-0.05, 0) is 24.6 Å². The first-order chi connectivity index (χ1) is 10.1. The van der Waals surface area contributed by atoms with Crippen molar-refractivity contribution >= 4 is 29.7 Å². The van der Waals surface area contributed by atoms with Crippen molar-refractivity contribution < 1.29 is 9.18 Å². The summed E-state index contributed by atoms with van der Waals surface area (Å²) in [4.78, 5) is 19.2. The van der Waals surface area contributed by atoms with E-state index < -0.39 is 0 Å². The van der Waals surface area contributed by atoms with E-state index in [4.69, 9.17) is 0 Å². The monoisotopic (exact) mass is 341 g/mol. The van der Waals surface area contributed by atoms with Gasteiger partial charge in [0.05, 0.1) is 17.2 Å². The molecule has 1 fully saturated rings. The van der Waals surface area contributed by atoms with Crippen molar-refractivity contribution in [2.24, 2.45) is 0 Å². The molecule has 4 nitrogen and oxygen atoms in total. The molecule has 1 aliphatic rings. The number of aryl methyl sites for hydroxylation is 1. The number of aromatic nitrogens is 1. The first-order valence-corrected chi connectivity index (χ1v) is 7.66. The third-order valence-electron chi connectivity index (χ3n) is 3.57. The molecule has 118 valence electrons. The van der Waals surface area contributed by atoms with Gasteiger partial charge in [-0.15, -0.1) is 23.7 Å². The summed E-state index contributed by atoms with van der Waals surface area (Å²) < 4.78 is 13.4. The van der Waals surface area contributed by atoms with Gasteiger partial charge < -0.3 is 10.2 Å². The highest BCUT2D eigenvalue weighted by Gasteiger charge is 2.29. The van der Waals surface area contributed by atoms with Crippen LogP contribution in [-0.4, -0.2) is 35.4 Å². The van der Waals surface area contributed by atoms with Gasteiger partial charge in [-0.1, -0.05) is 12.1 Å². The third-order valence-corrected chi connectivity index (χ3v) is 4.47. The summed E-state index contributed by atoms with van der Waals surface area (Å²) >= 11 is 1.39. The largest absolute Gasteiger partial charge is 0.328 e. The zero-order chi connectivity index (χ0) is 14.8. The lowest BCUT2D eigenvalue weighted by Crippen LogP contribution is -2.48. The van der Waals surface area contributed by atoms with Crippen LogP contribution in [0.1, 0.15) is 26.3 Å². The maximum Gasteiger partial charge on any atom is 0.266 e. The van der Waals surface area contributed by atoms with Crippen molar-refractivity contribution in [1.82, 2.24) is 15.2 Å². The van der Waals surface area contributed by atoms with Gasteiger partial charge in [0.2, 0.25) is 0 Å². The predicted molar refractivity (Wildman–Crippen MR) is 87.1 cm³/mol. The highest BCUT2D eigenvalue weighted by molar-refractivity contribution is 7.13. The van der Waals surface area contributed by atoms with E-state index in [9.17, 15) is 9.18 Å².